The molecule has 4 aromatic carbocycles. The van der Waals surface area contributed by atoms with Crippen molar-refractivity contribution in [2.75, 3.05) is 11.1 Å². The maximum Gasteiger partial charge on any atom is 0.272 e. The monoisotopic (exact) mass is 628 g/mol. The molecule has 0 radical (unpaired) electrons. The molecule has 0 saturated carbocycles. The van der Waals surface area contributed by atoms with E-state index in [2.05, 4.69) is 10.6 Å². The van der Waals surface area contributed by atoms with Gasteiger partial charge in [0.2, 0.25) is 0 Å². The number of rotatable bonds is 9. The molecule has 0 spiro atoms. The van der Waals surface area contributed by atoms with Crippen LogP contribution in [0.15, 0.2) is 102 Å². The fourth-order valence-electron chi connectivity index (χ4n) is 3.49. The molecule has 4 aromatic rings. The summed E-state index contributed by atoms with van der Waals surface area (Å²) in [7, 11) is 0. The van der Waals surface area contributed by atoms with Crippen molar-refractivity contribution >= 4 is 87.5 Å². The number of benzene rings is 4. The van der Waals surface area contributed by atoms with Crippen LogP contribution in [0.2, 0.25) is 20.1 Å². The van der Waals surface area contributed by atoms with Crippen molar-refractivity contribution in [3.05, 3.63) is 133 Å². The second kappa shape index (κ2) is 13.9. The summed E-state index contributed by atoms with van der Waals surface area (Å²) < 4.78 is 0. The molecule has 202 valence electrons. The predicted molar refractivity (Wildman–Crippen MR) is 165 cm³/mol. The van der Waals surface area contributed by atoms with Gasteiger partial charge in [-0.15, -0.1) is 11.8 Å². The van der Waals surface area contributed by atoms with Crippen LogP contribution in [0.5, 0.6) is 0 Å². The molecule has 10 heteroatoms. The Balaban J connectivity index is 1.51. The predicted octanol–water partition coefficient (Wildman–Crippen LogP) is 8.68. The Morgan fingerprint density at radius 3 is 2.23 bits per heavy atom. The number of ketones is 1. The molecule has 5 nitrogen and oxygen atoms in total. The highest BCUT2D eigenvalue weighted by Crippen LogP contribution is 2.28. The van der Waals surface area contributed by atoms with Gasteiger partial charge in [-0.3, -0.25) is 14.4 Å². The molecule has 0 aliphatic carbocycles. The van der Waals surface area contributed by atoms with Crippen LogP contribution >= 0.6 is 58.2 Å². The number of anilines is 1. The minimum atomic E-state index is -0.575. The van der Waals surface area contributed by atoms with E-state index in [1.54, 1.807) is 78.9 Å². The van der Waals surface area contributed by atoms with E-state index in [-0.39, 0.29) is 22.3 Å². The minimum Gasteiger partial charge on any atom is -0.321 e. The fraction of sp³-hybridized carbons (Fsp3) is 0.0333. The third-order valence-corrected chi connectivity index (χ3v) is 8.08. The molecule has 2 amide bonds. The van der Waals surface area contributed by atoms with Crippen LogP contribution in [0.25, 0.3) is 6.08 Å². The van der Waals surface area contributed by atoms with Crippen LogP contribution in [-0.2, 0) is 4.79 Å². The summed E-state index contributed by atoms with van der Waals surface area (Å²) in [6.07, 6.45) is 1.46. The first-order valence-electron chi connectivity index (χ1n) is 11.8. The summed E-state index contributed by atoms with van der Waals surface area (Å²) >= 11 is 25.7. The highest BCUT2D eigenvalue weighted by molar-refractivity contribution is 8.00. The van der Waals surface area contributed by atoms with Crippen molar-refractivity contribution in [2.24, 2.45) is 0 Å². The van der Waals surface area contributed by atoms with Crippen molar-refractivity contribution in [1.82, 2.24) is 5.32 Å². The average molecular weight is 630 g/mol. The van der Waals surface area contributed by atoms with E-state index in [9.17, 15) is 14.4 Å². The number of hydrogen-bond acceptors (Lipinski definition) is 4. The zero-order chi connectivity index (χ0) is 28.6. The fourth-order valence-corrected chi connectivity index (χ4v) is 5.00. The van der Waals surface area contributed by atoms with Gasteiger partial charge in [0.1, 0.15) is 5.70 Å². The maximum absolute atomic E-state index is 13.3. The highest BCUT2D eigenvalue weighted by atomic mass is 35.5. The van der Waals surface area contributed by atoms with Crippen molar-refractivity contribution in [3.63, 3.8) is 0 Å². The lowest BCUT2D eigenvalue weighted by molar-refractivity contribution is -0.113. The number of carbonyl (C=O) groups is 3. The summed E-state index contributed by atoms with van der Waals surface area (Å²) in [5, 5.41) is 6.71. The van der Waals surface area contributed by atoms with Gasteiger partial charge in [0.25, 0.3) is 11.8 Å². The van der Waals surface area contributed by atoms with E-state index < -0.39 is 11.8 Å². The summed E-state index contributed by atoms with van der Waals surface area (Å²) in [6, 6.07) is 25.2. The Bertz CT molecular complexity index is 1610. The molecule has 0 fully saturated rings. The molecule has 0 saturated heterocycles. The van der Waals surface area contributed by atoms with Crippen LogP contribution in [0.4, 0.5) is 5.69 Å². The first-order chi connectivity index (χ1) is 19.2. The van der Waals surface area contributed by atoms with Crippen LogP contribution < -0.4 is 10.6 Å². The molecule has 4 rings (SSSR count). The smallest absolute Gasteiger partial charge is 0.272 e. The van der Waals surface area contributed by atoms with Crippen LogP contribution in [0.3, 0.4) is 0 Å². The lowest BCUT2D eigenvalue weighted by atomic mass is 10.1. The van der Waals surface area contributed by atoms with Crippen LogP contribution in [-0.4, -0.2) is 23.4 Å². The number of amides is 2. The molecule has 2 N–H and O–H groups in total. The maximum atomic E-state index is 13.3. The number of hydrogen-bond donors (Lipinski definition) is 2. The van der Waals surface area contributed by atoms with Gasteiger partial charge in [-0.05, 0) is 66.2 Å². The van der Waals surface area contributed by atoms with Crippen LogP contribution in [0.1, 0.15) is 26.3 Å². The van der Waals surface area contributed by atoms with Crippen LogP contribution in [0, 0.1) is 0 Å². The van der Waals surface area contributed by atoms with Crippen molar-refractivity contribution in [1.29, 1.82) is 0 Å². The molecule has 40 heavy (non-hydrogen) atoms. The molecular formula is C30H20Cl4N2O3S. The first-order valence-corrected chi connectivity index (χ1v) is 14.3. The molecule has 0 aromatic heterocycles. The van der Waals surface area contributed by atoms with Gasteiger partial charge in [0.15, 0.2) is 5.78 Å². The number of thioether (sulfide) groups is 1. The Hall–Kier alpha value is -3.26. The van der Waals surface area contributed by atoms with Gasteiger partial charge in [-0.2, -0.15) is 0 Å². The molecule has 0 atom stereocenters. The van der Waals surface area contributed by atoms with E-state index in [0.717, 1.165) is 4.90 Å². The quantitative estimate of drug-likeness (QED) is 0.110. The first kappa shape index (κ1) is 29.7. The van der Waals surface area contributed by atoms with E-state index in [1.807, 2.05) is 6.07 Å². The third-order valence-electron chi connectivity index (χ3n) is 5.51. The molecule has 0 bridgehead atoms. The van der Waals surface area contributed by atoms with Gasteiger partial charge >= 0.3 is 0 Å². The minimum absolute atomic E-state index is 0.0362. The summed E-state index contributed by atoms with van der Waals surface area (Å²) in [5.41, 5.74) is 1.72. The van der Waals surface area contributed by atoms with E-state index in [1.165, 1.54) is 23.9 Å². The summed E-state index contributed by atoms with van der Waals surface area (Å²) in [5.74, 6) is -1.01. The number of nitrogens with one attached hydrogen (secondary N) is 2. The standard InChI is InChI=1S/C30H20Cl4N2O3S/c31-23-13-12-19(14-25(23)33)27(37)17-40-22-10-5-9-21(16-22)35-30(39)26(15-20-8-4-11-24(32)28(20)34)36-29(38)18-6-2-1-3-7-18/h1-16H,17H2,(H,35,39)(H,36,38)/b26-15-. The van der Waals surface area contributed by atoms with Crippen molar-refractivity contribution in [3.8, 4) is 0 Å². The Labute approximate surface area is 255 Å². The van der Waals surface area contributed by atoms with Gasteiger partial charge < -0.3 is 10.6 Å². The van der Waals surface area contributed by atoms with Crippen molar-refractivity contribution in [2.45, 2.75) is 4.90 Å². The topological polar surface area (TPSA) is 75.3 Å². The number of Topliss-reactive ketones (excluding diaryl/α,β-unsaturated/α-hetero) is 1. The molecule has 0 aliphatic heterocycles. The summed E-state index contributed by atoms with van der Waals surface area (Å²) in [4.78, 5) is 39.6. The molecule has 0 unspecified atom stereocenters. The number of halogens is 4. The Morgan fingerprint density at radius 2 is 1.48 bits per heavy atom. The molecule has 0 heterocycles. The molecule has 0 aliphatic rings. The lowest BCUT2D eigenvalue weighted by Gasteiger charge is -2.13. The van der Waals surface area contributed by atoms with Gasteiger partial charge in [-0.25, -0.2) is 0 Å². The normalized spacial score (nSPS) is 11.2. The van der Waals surface area contributed by atoms with E-state index >= 15 is 0 Å². The zero-order valence-electron chi connectivity index (χ0n) is 20.6. The Morgan fingerprint density at radius 1 is 0.725 bits per heavy atom. The molecular weight excluding hydrogens is 610 g/mol. The second-order valence-electron chi connectivity index (χ2n) is 8.34. The Kier molecular flexibility index (Phi) is 10.3. The van der Waals surface area contributed by atoms with Gasteiger partial charge in [0, 0.05) is 21.7 Å². The van der Waals surface area contributed by atoms with Crippen molar-refractivity contribution < 1.29 is 14.4 Å². The van der Waals surface area contributed by atoms with E-state index in [4.69, 9.17) is 46.4 Å². The zero-order valence-corrected chi connectivity index (χ0v) is 24.4. The van der Waals surface area contributed by atoms with E-state index in [0.29, 0.717) is 37.4 Å². The number of carbonyl (C=O) groups excluding carboxylic acids is 3. The lowest BCUT2D eigenvalue weighted by Crippen LogP contribution is -2.30. The third kappa shape index (κ3) is 7.90. The summed E-state index contributed by atoms with van der Waals surface area (Å²) in [6.45, 7) is 0. The van der Waals surface area contributed by atoms with Gasteiger partial charge in [0.05, 0.1) is 25.8 Å². The van der Waals surface area contributed by atoms with Gasteiger partial charge in [-0.1, -0.05) is 82.8 Å². The second-order valence-corrected chi connectivity index (χ2v) is 11.0. The average Bonchev–Trinajstić information content (AvgIpc) is 2.95. The SMILES string of the molecule is O=C(Nc1cccc(SCC(=O)c2ccc(Cl)c(Cl)c2)c1)/C(=C/c1cccc(Cl)c1Cl)NC(=O)c1ccccc1. The highest BCUT2D eigenvalue weighted by Gasteiger charge is 2.17. The largest absolute Gasteiger partial charge is 0.321 e.